The molecule has 0 amide bonds. The first-order valence-corrected chi connectivity index (χ1v) is 8.62. The highest BCUT2D eigenvalue weighted by atomic mass is 16.5. The largest absolute Gasteiger partial charge is 0.377 e. The summed E-state index contributed by atoms with van der Waals surface area (Å²) in [6, 6.07) is 0. The van der Waals surface area contributed by atoms with E-state index in [2.05, 4.69) is 31.0 Å². The molecule has 1 heterocycles. The van der Waals surface area contributed by atoms with Gasteiger partial charge in [-0.25, -0.2) is 0 Å². The molecule has 1 saturated carbocycles. The third kappa shape index (κ3) is 6.11. The van der Waals surface area contributed by atoms with Crippen molar-refractivity contribution in [1.82, 2.24) is 10.2 Å². The molecule has 2 aliphatic rings. The van der Waals surface area contributed by atoms with Crippen LogP contribution in [0.4, 0.5) is 0 Å². The first-order chi connectivity index (χ1) is 9.53. The molecule has 1 saturated heterocycles. The molecule has 118 valence electrons. The lowest BCUT2D eigenvalue weighted by molar-refractivity contribution is 0.0184. The number of hydrogen-bond acceptors (Lipinski definition) is 3. The summed E-state index contributed by atoms with van der Waals surface area (Å²) in [5.41, 5.74) is 0.248. The first kappa shape index (κ1) is 16.3. The van der Waals surface area contributed by atoms with E-state index < -0.39 is 0 Å². The summed E-state index contributed by atoms with van der Waals surface area (Å²) in [6.07, 6.45) is 8.63. The Balaban J connectivity index is 1.54. The van der Waals surface area contributed by atoms with Crippen molar-refractivity contribution >= 4 is 0 Å². The molecule has 1 unspecified atom stereocenters. The summed E-state index contributed by atoms with van der Waals surface area (Å²) >= 11 is 0. The van der Waals surface area contributed by atoms with Crippen molar-refractivity contribution in [2.75, 3.05) is 32.8 Å². The zero-order chi connectivity index (χ0) is 14.4. The Bertz CT molecular complexity index is 269. The third-order valence-corrected chi connectivity index (χ3v) is 4.60. The van der Waals surface area contributed by atoms with Gasteiger partial charge in [0, 0.05) is 18.6 Å². The maximum absolute atomic E-state index is 6.04. The Hall–Kier alpha value is -0.120. The minimum absolute atomic E-state index is 0.248. The first-order valence-electron chi connectivity index (χ1n) is 8.62. The second kappa shape index (κ2) is 7.77. The molecule has 0 aromatic carbocycles. The van der Waals surface area contributed by atoms with Crippen molar-refractivity contribution in [2.24, 2.45) is 5.92 Å². The second-order valence-corrected chi connectivity index (χ2v) is 7.72. The van der Waals surface area contributed by atoms with Gasteiger partial charge >= 0.3 is 0 Å². The summed E-state index contributed by atoms with van der Waals surface area (Å²) in [7, 11) is 0. The number of rotatable bonds is 6. The normalized spacial score (nSPS) is 26.2. The van der Waals surface area contributed by atoms with E-state index in [9.17, 15) is 0 Å². The number of nitrogens with zero attached hydrogens (tertiary/aromatic N) is 1. The maximum Gasteiger partial charge on any atom is 0.0597 e. The number of nitrogens with one attached hydrogen (secondary N) is 1. The number of hydrogen-bond donors (Lipinski definition) is 1. The van der Waals surface area contributed by atoms with Gasteiger partial charge < -0.3 is 15.0 Å². The molecule has 0 radical (unpaired) electrons. The molecule has 0 aromatic rings. The van der Waals surface area contributed by atoms with Crippen LogP contribution in [-0.2, 0) is 4.74 Å². The molecule has 0 bridgehead atoms. The highest BCUT2D eigenvalue weighted by molar-refractivity contribution is 4.80. The van der Waals surface area contributed by atoms with Crippen molar-refractivity contribution in [2.45, 2.75) is 70.9 Å². The Morgan fingerprint density at radius 3 is 2.55 bits per heavy atom. The van der Waals surface area contributed by atoms with Crippen LogP contribution in [0.15, 0.2) is 0 Å². The van der Waals surface area contributed by atoms with Gasteiger partial charge in [0.1, 0.15) is 0 Å². The predicted molar refractivity (Wildman–Crippen MR) is 85.1 cm³/mol. The van der Waals surface area contributed by atoms with E-state index in [-0.39, 0.29) is 5.54 Å². The fourth-order valence-corrected chi connectivity index (χ4v) is 3.31. The Kier molecular flexibility index (Phi) is 6.31. The van der Waals surface area contributed by atoms with Gasteiger partial charge in [-0.15, -0.1) is 0 Å². The van der Waals surface area contributed by atoms with E-state index in [1.165, 1.54) is 51.6 Å². The molecule has 3 heteroatoms. The van der Waals surface area contributed by atoms with Crippen LogP contribution in [0.25, 0.3) is 0 Å². The molecule has 2 fully saturated rings. The van der Waals surface area contributed by atoms with Crippen LogP contribution < -0.4 is 5.32 Å². The number of likely N-dealkylation sites (tertiary alicyclic amines) is 1. The second-order valence-electron chi connectivity index (χ2n) is 7.72. The van der Waals surface area contributed by atoms with Gasteiger partial charge in [0.25, 0.3) is 0 Å². The van der Waals surface area contributed by atoms with E-state index in [4.69, 9.17) is 4.74 Å². The molecular formula is C17H34N2O. The third-order valence-electron chi connectivity index (χ3n) is 4.60. The molecule has 0 aromatic heterocycles. The lowest BCUT2D eigenvalue weighted by Gasteiger charge is -2.24. The molecule has 0 spiro atoms. The molecule has 2 rings (SSSR count). The molecule has 1 aliphatic heterocycles. The summed E-state index contributed by atoms with van der Waals surface area (Å²) in [4.78, 5) is 2.58. The van der Waals surface area contributed by atoms with Crippen molar-refractivity contribution in [1.29, 1.82) is 0 Å². The van der Waals surface area contributed by atoms with Gasteiger partial charge in [-0.1, -0.05) is 19.3 Å². The van der Waals surface area contributed by atoms with Crippen molar-refractivity contribution in [3.8, 4) is 0 Å². The van der Waals surface area contributed by atoms with E-state index >= 15 is 0 Å². The molecule has 1 atom stereocenters. The van der Waals surface area contributed by atoms with Gasteiger partial charge in [0.15, 0.2) is 0 Å². The lowest BCUT2D eigenvalue weighted by Crippen LogP contribution is -2.39. The van der Waals surface area contributed by atoms with Crippen molar-refractivity contribution < 1.29 is 4.74 Å². The summed E-state index contributed by atoms with van der Waals surface area (Å²) in [5, 5.41) is 3.63. The molecular weight excluding hydrogens is 248 g/mol. The van der Waals surface area contributed by atoms with Crippen LogP contribution in [0.1, 0.15) is 59.3 Å². The Morgan fingerprint density at radius 2 is 1.85 bits per heavy atom. The van der Waals surface area contributed by atoms with Crippen LogP contribution in [0.3, 0.4) is 0 Å². The highest BCUT2D eigenvalue weighted by Crippen LogP contribution is 2.21. The quantitative estimate of drug-likeness (QED) is 0.810. The summed E-state index contributed by atoms with van der Waals surface area (Å²) in [6.45, 7) is 12.5. The fourth-order valence-electron chi connectivity index (χ4n) is 3.31. The monoisotopic (exact) mass is 282 g/mol. The van der Waals surface area contributed by atoms with Crippen molar-refractivity contribution in [3.63, 3.8) is 0 Å². The topological polar surface area (TPSA) is 24.5 Å². The molecule has 3 nitrogen and oxygen atoms in total. The van der Waals surface area contributed by atoms with Crippen LogP contribution in [-0.4, -0.2) is 49.3 Å². The van der Waals surface area contributed by atoms with E-state index in [1.54, 1.807) is 0 Å². The SMILES string of the molecule is CC(C)(C)NCC1CCN(CCOC2CCCCC2)C1. The molecule has 1 N–H and O–H groups in total. The zero-order valence-corrected chi connectivity index (χ0v) is 13.8. The Morgan fingerprint density at radius 1 is 1.10 bits per heavy atom. The average Bonchev–Trinajstić information content (AvgIpc) is 2.85. The lowest BCUT2D eigenvalue weighted by atomic mass is 9.98. The summed E-state index contributed by atoms with van der Waals surface area (Å²) < 4.78 is 6.04. The number of ether oxygens (including phenoxy) is 1. The van der Waals surface area contributed by atoms with Gasteiger partial charge in [-0.3, -0.25) is 0 Å². The van der Waals surface area contributed by atoms with Crippen LogP contribution in [0, 0.1) is 5.92 Å². The molecule has 1 aliphatic carbocycles. The van der Waals surface area contributed by atoms with Crippen LogP contribution >= 0.6 is 0 Å². The van der Waals surface area contributed by atoms with E-state index in [1.807, 2.05) is 0 Å². The van der Waals surface area contributed by atoms with Crippen LogP contribution in [0.2, 0.25) is 0 Å². The predicted octanol–water partition coefficient (Wildman–Crippen LogP) is 3.05. The van der Waals surface area contributed by atoms with Crippen molar-refractivity contribution in [3.05, 3.63) is 0 Å². The van der Waals surface area contributed by atoms with Gasteiger partial charge in [-0.2, -0.15) is 0 Å². The molecule has 20 heavy (non-hydrogen) atoms. The van der Waals surface area contributed by atoms with E-state index in [0.29, 0.717) is 6.10 Å². The highest BCUT2D eigenvalue weighted by Gasteiger charge is 2.23. The average molecular weight is 282 g/mol. The van der Waals surface area contributed by atoms with Gasteiger partial charge in [0.2, 0.25) is 0 Å². The van der Waals surface area contributed by atoms with Gasteiger partial charge in [-0.05, 0) is 59.0 Å². The maximum atomic E-state index is 6.04. The summed E-state index contributed by atoms with van der Waals surface area (Å²) in [5.74, 6) is 0.823. The minimum atomic E-state index is 0.248. The smallest absolute Gasteiger partial charge is 0.0597 e. The Labute approximate surface area is 125 Å². The zero-order valence-electron chi connectivity index (χ0n) is 13.8. The van der Waals surface area contributed by atoms with Crippen LogP contribution in [0.5, 0.6) is 0 Å². The van der Waals surface area contributed by atoms with Gasteiger partial charge in [0.05, 0.1) is 12.7 Å². The standard InChI is InChI=1S/C17H34N2O/c1-17(2,3)18-13-15-9-10-19(14-15)11-12-20-16-7-5-4-6-8-16/h15-16,18H,4-14H2,1-3H3. The fraction of sp³-hybridized carbons (Fsp3) is 1.00. The van der Waals surface area contributed by atoms with E-state index in [0.717, 1.165) is 25.6 Å². The minimum Gasteiger partial charge on any atom is -0.377 e.